The molecule has 134 valence electrons. The second kappa shape index (κ2) is 7.79. The third-order valence-electron chi connectivity index (χ3n) is 4.67. The SMILES string of the molecule is CC1CCN(C(=O)C(C)Sc2nnc(-c3ccccc3Cl)n2C)CC1. The summed E-state index contributed by atoms with van der Waals surface area (Å²) in [5.74, 6) is 1.60. The van der Waals surface area contributed by atoms with Gasteiger partial charge in [-0.1, -0.05) is 42.4 Å². The fourth-order valence-electron chi connectivity index (χ4n) is 2.99. The van der Waals surface area contributed by atoms with Crippen molar-refractivity contribution in [2.45, 2.75) is 37.1 Å². The third kappa shape index (κ3) is 4.01. The molecule has 1 aromatic heterocycles. The van der Waals surface area contributed by atoms with Gasteiger partial charge in [0.2, 0.25) is 5.91 Å². The number of amides is 1. The highest BCUT2D eigenvalue weighted by atomic mass is 35.5. The summed E-state index contributed by atoms with van der Waals surface area (Å²) in [5.41, 5.74) is 0.843. The summed E-state index contributed by atoms with van der Waals surface area (Å²) >= 11 is 7.71. The lowest BCUT2D eigenvalue weighted by atomic mass is 9.99. The van der Waals surface area contributed by atoms with Gasteiger partial charge in [-0.15, -0.1) is 10.2 Å². The van der Waals surface area contributed by atoms with Gasteiger partial charge in [0.15, 0.2) is 11.0 Å². The number of nitrogens with zero attached hydrogens (tertiary/aromatic N) is 4. The molecule has 1 amide bonds. The molecule has 1 aromatic carbocycles. The molecule has 1 atom stereocenters. The van der Waals surface area contributed by atoms with Crippen LogP contribution in [0.25, 0.3) is 11.4 Å². The fourth-order valence-corrected chi connectivity index (χ4v) is 4.11. The Labute approximate surface area is 157 Å². The van der Waals surface area contributed by atoms with E-state index in [1.807, 2.05) is 47.7 Å². The number of aromatic nitrogens is 3. The second-order valence-electron chi connectivity index (χ2n) is 6.61. The predicted molar refractivity (Wildman–Crippen MR) is 102 cm³/mol. The van der Waals surface area contributed by atoms with Crippen molar-refractivity contribution in [2.24, 2.45) is 13.0 Å². The number of hydrogen-bond donors (Lipinski definition) is 0. The Balaban J connectivity index is 1.71. The maximum atomic E-state index is 12.7. The average Bonchev–Trinajstić information content (AvgIpc) is 2.96. The van der Waals surface area contributed by atoms with E-state index in [1.165, 1.54) is 11.8 Å². The highest BCUT2D eigenvalue weighted by molar-refractivity contribution is 8.00. The minimum Gasteiger partial charge on any atom is -0.342 e. The van der Waals surface area contributed by atoms with Crippen LogP contribution in [0.2, 0.25) is 5.02 Å². The van der Waals surface area contributed by atoms with E-state index >= 15 is 0 Å². The summed E-state index contributed by atoms with van der Waals surface area (Å²) in [6.07, 6.45) is 2.17. The molecule has 1 saturated heterocycles. The largest absolute Gasteiger partial charge is 0.342 e. The lowest BCUT2D eigenvalue weighted by Crippen LogP contribution is -2.41. The summed E-state index contributed by atoms with van der Waals surface area (Å²) in [4.78, 5) is 14.7. The summed E-state index contributed by atoms with van der Waals surface area (Å²) in [7, 11) is 1.90. The molecule has 0 N–H and O–H groups in total. The smallest absolute Gasteiger partial charge is 0.235 e. The van der Waals surface area contributed by atoms with Crippen molar-refractivity contribution in [3.63, 3.8) is 0 Å². The van der Waals surface area contributed by atoms with Gasteiger partial charge in [0.1, 0.15) is 0 Å². The Kier molecular flexibility index (Phi) is 5.69. The molecule has 25 heavy (non-hydrogen) atoms. The summed E-state index contributed by atoms with van der Waals surface area (Å²) in [6, 6.07) is 7.57. The van der Waals surface area contributed by atoms with Crippen LogP contribution in [0.1, 0.15) is 26.7 Å². The number of carbonyl (C=O) groups excluding carboxylic acids is 1. The van der Waals surface area contributed by atoms with Crippen LogP contribution in [0.3, 0.4) is 0 Å². The summed E-state index contributed by atoms with van der Waals surface area (Å²) < 4.78 is 1.90. The molecule has 0 radical (unpaired) electrons. The molecule has 2 aromatic rings. The minimum absolute atomic E-state index is 0.180. The number of halogens is 1. The van der Waals surface area contributed by atoms with Crippen molar-refractivity contribution >= 4 is 29.3 Å². The van der Waals surface area contributed by atoms with Crippen molar-refractivity contribution in [1.82, 2.24) is 19.7 Å². The molecule has 0 aliphatic carbocycles. The predicted octanol–water partition coefficient (Wildman–Crippen LogP) is 3.87. The number of rotatable bonds is 4. The first-order chi connectivity index (χ1) is 12.0. The van der Waals surface area contributed by atoms with Crippen LogP contribution >= 0.6 is 23.4 Å². The molecule has 1 aliphatic rings. The Morgan fingerprint density at radius 2 is 1.96 bits per heavy atom. The van der Waals surface area contributed by atoms with E-state index in [0.29, 0.717) is 16.8 Å². The molecule has 0 saturated carbocycles. The van der Waals surface area contributed by atoms with E-state index in [2.05, 4.69) is 17.1 Å². The molecule has 1 fully saturated rings. The van der Waals surface area contributed by atoms with Crippen LogP contribution < -0.4 is 0 Å². The van der Waals surface area contributed by atoms with Gasteiger partial charge in [-0.05, 0) is 37.8 Å². The number of hydrogen-bond acceptors (Lipinski definition) is 4. The molecule has 5 nitrogen and oxygen atoms in total. The summed E-state index contributed by atoms with van der Waals surface area (Å²) in [5, 5.41) is 9.70. The molecule has 1 unspecified atom stereocenters. The molecule has 3 rings (SSSR count). The second-order valence-corrected chi connectivity index (χ2v) is 8.33. The van der Waals surface area contributed by atoms with E-state index in [1.54, 1.807) is 0 Å². The minimum atomic E-state index is -0.185. The van der Waals surface area contributed by atoms with Gasteiger partial charge in [0, 0.05) is 25.7 Å². The third-order valence-corrected chi connectivity index (χ3v) is 6.13. The van der Waals surface area contributed by atoms with Crippen LogP contribution in [-0.4, -0.2) is 43.9 Å². The maximum Gasteiger partial charge on any atom is 0.235 e. The van der Waals surface area contributed by atoms with Crippen LogP contribution in [-0.2, 0) is 11.8 Å². The van der Waals surface area contributed by atoms with Crippen LogP contribution in [0.5, 0.6) is 0 Å². The molecule has 7 heteroatoms. The molecular weight excluding hydrogens is 356 g/mol. The van der Waals surface area contributed by atoms with Gasteiger partial charge in [0.25, 0.3) is 0 Å². The zero-order chi connectivity index (χ0) is 18.0. The molecular formula is C18H23ClN4OS. The van der Waals surface area contributed by atoms with E-state index in [4.69, 9.17) is 11.6 Å². The zero-order valence-corrected chi connectivity index (χ0v) is 16.3. The first-order valence-corrected chi connectivity index (χ1v) is 9.83. The van der Waals surface area contributed by atoms with E-state index in [-0.39, 0.29) is 11.2 Å². The van der Waals surface area contributed by atoms with Gasteiger partial charge in [0.05, 0.1) is 10.3 Å². The van der Waals surface area contributed by atoms with E-state index < -0.39 is 0 Å². The normalized spacial score (nSPS) is 16.9. The highest BCUT2D eigenvalue weighted by Gasteiger charge is 2.26. The van der Waals surface area contributed by atoms with Crippen LogP contribution in [0.4, 0.5) is 0 Å². The Bertz CT molecular complexity index is 755. The van der Waals surface area contributed by atoms with Crippen molar-refractivity contribution in [2.75, 3.05) is 13.1 Å². The monoisotopic (exact) mass is 378 g/mol. The van der Waals surface area contributed by atoms with Gasteiger partial charge in [-0.25, -0.2) is 0 Å². The van der Waals surface area contributed by atoms with Crippen molar-refractivity contribution in [3.05, 3.63) is 29.3 Å². The van der Waals surface area contributed by atoms with Gasteiger partial charge >= 0.3 is 0 Å². The van der Waals surface area contributed by atoms with Crippen molar-refractivity contribution in [1.29, 1.82) is 0 Å². The standard InChI is InChI=1S/C18H23ClN4OS/c1-12-8-10-23(11-9-12)17(24)13(2)25-18-21-20-16(22(18)3)14-6-4-5-7-15(14)19/h4-7,12-13H,8-11H2,1-3H3. The Hall–Kier alpha value is -1.53. The number of carbonyl (C=O) groups is 1. The average molecular weight is 379 g/mol. The fraction of sp³-hybridized carbons (Fsp3) is 0.500. The number of benzene rings is 1. The van der Waals surface area contributed by atoms with Crippen LogP contribution in [0, 0.1) is 5.92 Å². The lowest BCUT2D eigenvalue weighted by Gasteiger charge is -2.31. The number of thioether (sulfide) groups is 1. The molecule has 0 bridgehead atoms. The first-order valence-electron chi connectivity index (χ1n) is 8.57. The Morgan fingerprint density at radius 3 is 2.64 bits per heavy atom. The number of piperidine rings is 1. The highest BCUT2D eigenvalue weighted by Crippen LogP contribution is 2.30. The quantitative estimate of drug-likeness (QED) is 0.757. The maximum absolute atomic E-state index is 12.7. The van der Waals surface area contributed by atoms with Gasteiger partial charge in [-0.3, -0.25) is 4.79 Å². The van der Waals surface area contributed by atoms with Crippen molar-refractivity contribution < 1.29 is 4.79 Å². The molecule has 1 aliphatic heterocycles. The van der Waals surface area contributed by atoms with Gasteiger partial charge < -0.3 is 9.47 Å². The number of likely N-dealkylation sites (tertiary alicyclic amines) is 1. The van der Waals surface area contributed by atoms with E-state index in [9.17, 15) is 4.79 Å². The lowest BCUT2D eigenvalue weighted by molar-refractivity contribution is -0.131. The Morgan fingerprint density at radius 1 is 1.28 bits per heavy atom. The summed E-state index contributed by atoms with van der Waals surface area (Å²) in [6.45, 7) is 5.90. The van der Waals surface area contributed by atoms with Gasteiger partial charge in [-0.2, -0.15) is 0 Å². The zero-order valence-electron chi connectivity index (χ0n) is 14.8. The van der Waals surface area contributed by atoms with E-state index in [0.717, 1.165) is 36.7 Å². The first kappa shape index (κ1) is 18.3. The molecule has 2 heterocycles. The molecule has 0 spiro atoms. The van der Waals surface area contributed by atoms with Crippen LogP contribution in [0.15, 0.2) is 29.4 Å². The van der Waals surface area contributed by atoms with Crippen molar-refractivity contribution in [3.8, 4) is 11.4 Å². The topological polar surface area (TPSA) is 51.0 Å².